The van der Waals surface area contributed by atoms with Gasteiger partial charge in [0.25, 0.3) is 0 Å². The van der Waals surface area contributed by atoms with Crippen LogP contribution in [0.1, 0.15) is 37.5 Å². The summed E-state index contributed by atoms with van der Waals surface area (Å²) >= 11 is 0. The monoisotopic (exact) mass is 374 g/mol. The molecule has 28 heavy (non-hydrogen) atoms. The lowest BCUT2D eigenvalue weighted by Gasteiger charge is -2.21. The number of ether oxygens (including phenoxy) is 1. The van der Waals surface area contributed by atoms with Crippen molar-refractivity contribution in [1.29, 1.82) is 0 Å². The quantitative estimate of drug-likeness (QED) is 0.396. The largest absolute Gasteiger partial charge is 0.454 e. The van der Waals surface area contributed by atoms with Crippen molar-refractivity contribution in [3.05, 3.63) is 107 Å². The molecule has 0 N–H and O–H groups in total. The number of rotatable bonds is 7. The van der Waals surface area contributed by atoms with Crippen LogP contribution in [0.5, 0.6) is 11.5 Å². The maximum Gasteiger partial charge on any atom is 0.165 e. The normalized spacial score (nSPS) is 11.7. The van der Waals surface area contributed by atoms with E-state index < -0.39 is 0 Å². The van der Waals surface area contributed by atoms with E-state index in [-0.39, 0.29) is 17.0 Å². The van der Waals surface area contributed by atoms with Crippen molar-refractivity contribution in [2.75, 3.05) is 0 Å². The third-order valence-electron chi connectivity index (χ3n) is 4.96. The third-order valence-corrected chi connectivity index (χ3v) is 4.96. The summed E-state index contributed by atoms with van der Waals surface area (Å²) in [5, 5.41) is 0. The summed E-state index contributed by atoms with van der Waals surface area (Å²) < 4.78 is 19.8. The van der Waals surface area contributed by atoms with E-state index in [0.29, 0.717) is 5.75 Å². The van der Waals surface area contributed by atoms with Gasteiger partial charge in [-0.15, -0.1) is 0 Å². The number of para-hydroxylation sites is 1. The zero-order valence-electron chi connectivity index (χ0n) is 16.8. The van der Waals surface area contributed by atoms with Crippen LogP contribution in [0, 0.1) is 5.82 Å². The van der Waals surface area contributed by atoms with Crippen molar-refractivity contribution in [1.82, 2.24) is 0 Å². The van der Waals surface area contributed by atoms with E-state index in [1.165, 1.54) is 17.2 Å². The molecule has 0 aliphatic heterocycles. The Hall–Kier alpha value is -2.87. The first-order valence-corrected chi connectivity index (χ1v) is 9.76. The van der Waals surface area contributed by atoms with Gasteiger partial charge in [-0.2, -0.15) is 0 Å². The van der Waals surface area contributed by atoms with Gasteiger partial charge in [0, 0.05) is 5.41 Å². The van der Waals surface area contributed by atoms with Gasteiger partial charge < -0.3 is 4.74 Å². The second kappa shape index (κ2) is 8.88. The van der Waals surface area contributed by atoms with Crippen molar-refractivity contribution in [2.24, 2.45) is 0 Å². The van der Waals surface area contributed by atoms with Gasteiger partial charge in [0.1, 0.15) is 5.75 Å². The van der Waals surface area contributed by atoms with Crippen molar-refractivity contribution in [3.8, 4) is 11.5 Å². The molecule has 0 spiro atoms. The van der Waals surface area contributed by atoms with E-state index in [1.54, 1.807) is 12.1 Å². The van der Waals surface area contributed by atoms with Gasteiger partial charge in [0.05, 0.1) is 0 Å². The van der Waals surface area contributed by atoms with Crippen molar-refractivity contribution in [2.45, 2.75) is 39.0 Å². The number of aryl methyl sites for hydroxylation is 1. The first-order valence-electron chi connectivity index (χ1n) is 9.76. The van der Waals surface area contributed by atoms with Crippen LogP contribution >= 0.6 is 0 Å². The molecule has 1 nitrogen and oxygen atoms in total. The number of halogens is 1. The predicted molar refractivity (Wildman–Crippen MR) is 115 cm³/mol. The first kappa shape index (κ1) is 19.9. The molecular formula is C26H27FO. The Labute approximate surface area is 167 Å². The van der Waals surface area contributed by atoms with Crippen LogP contribution in [0.25, 0.3) is 0 Å². The van der Waals surface area contributed by atoms with E-state index in [9.17, 15) is 4.39 Å². The predicted octanol–water partition coefficient (Wildman–Crippen LogP) is 7.26. The topological polar surface area (TPSA) is 9.23 Å². The summed E-state index contributed by atoms with van der Waals surface area (Å²) in [7, 11) is 0. The maximum absolute atomic E-state index is 14.1. The Kier molecular flexibility index (Phi) is 6.30. The summed E-state index contributed by atoms with van der Waals surface area (Å²) in [5.74, 6) is 0.533. The van der Waals surface area contributed by atoms with E-state index >= 15 is 0 Å². The molecule has 0 fully saturated rings. The molecule has 144 valence electrons. The van der Waals surface area contributed by atoms with Crippen LogP contribution in [-0.2, 0) is 18.3 Å². The summed E-state index contributed by atoms with van der Waals surface area (Å²) in [5.41, 5.74) is 3.59. The minimum absolute atomic E-state index is 0.0599. The average molecular weight is 374 g/mol. The second-order valence-corrected chi connectivity index (χ2v) is 7.56. The van der Waals surface area contributed by atoms with Crippen LogP contribution in [0.2, 0.25) is 0 Å². The third kappa shape index (κ3) is 5.10. The highest BCUT2D eigenvalue weighted by molar-refractivity contribution is 5.37. The lowest BCUT2D eigenvalue weighted by atomic mass is 9.83. The van der Waals surface area contributed by atoms with Crippen molar-refractivity contribution in [3.63, 3.8) is 0 Å². The Balaban J connectivity index is 1.70. The molecule has 3 aromatic rings. The Morgan fingerprint density at radius 1 is 0.893 bits per heavy atom. The molecule has 0 aromatic heterocycles. The fraction of sp³-hybridized carbons (Fsp3) is 0.231. The highest BCUT2D eigenvalue weighted by atomic mass is 19.1. The van der Waals surface area contributed by atoms with E-state index in [0.717, 1.165) is 18.4 Å². The van der Waals surface area contributed by atoms with Gasteiger partial charge in [-0.25, -0.2) is 4.39 Å². The van der Waals surface area contributed by atoms with Gasteiger partial charge in [-0.1, -0.05) is 81.5 Å². The number of hydrogen-bond acceptors (Lipinski definition) is 1. The SMILES string of the molecule is CCc1ccc(C(C)(C)C=CCc2ccc(F)c(Oc3ccccc3)c2)cc1. The molecule has 2 heteroatoms. The molecule has 0 atom stereocenters. The van der Waals surface area contributed by atoms with Crippen molar-refractivity contribution < 1.29 is 9.13 Å². The summed E-state index contributed by atoms with van der Waals surface area (Å²) in [6, 6.07) is 23.1. The molecule has 0 aliphatic carbocycles. The van der Waals surface area contributed by atoms with Crippen LogP contribution in [-0.4, -0.2) is 0 Å². The Morgan fingerprint density at radius 2 is 1.57 bits per heavy atom. The minimum Gasteiger partial charge on any atom is -0.454 e. The van der Waals surface area contributed by atoms with Gasteiger partial charge in [0.15, 0.2) is 11.6 Å². The molecule has 3 aromatic carbocycles. The van der Waals surface area contributed by atoms with E-state index in [2.05, 4.69) is 57.2 Å². The molecule has 0 saturated heterocycles. The fourth-order valence-electron chi connectivity index (χ4n) is 3.12. The highest BCUT2D eigenvalue weighted by Crippen LogP contribution is 2.27. The van der Waals surface area contributed by atoms with Gasteiger partial charge >= 0.3 is 0 Å². The van der Waals surface area contributed by atoms with Crippen LogP contribution in [0.15, 0.2) is 84.9 Å². The Morgan fingerprint density at radius 3 is 2.25 bits per heavy atom. The lowest BCUT2D eigenvalue weighted by Crippen LogP contribution is -2.13. The van der Waals surface area contributed by atoms with Gasteiger partial charge in [0.2, 0.25) is 0 Å². The van der Waals surface area contributed by atoms with Gasteiger partial charge in [-0.05, 0) is 53.8 Å². The molecule has 0 bridgehead atoms. The standard InChI is InChI=1S/C26H27FO/c1-4-20-12-15-22(16-13-20)26(2,3)18-8-9-21-14-17-24(27)25(19-21)28-23-10-6-5-7-11-23/h5-8,10-19H,4,9H2,1-3H3. The number of benzene rings is 3. The zero-order chi connectivity index (χ0) is 20.0. The lowest BCUT2D eigenvalue weighted by molar-refractivity contribution is 0.441. The van der Waals surface area contributed by atoms with Crippen molar-refractivity contribution >= 4 is 0 Å². The van der Waals surface area contributed by atoms with Crippen LogP contribution in [0.3, 0.4) is 0 Å². The summed E-state index contributed by atoms with van der Waals surface area (Å²) in [4.78, 5) is 0. The average Bonchev–Trinajstić information content (AvgIpc) is 2.71. The molecule has 0 saturated carbocycles. The molecule has 0 unspecified atom stereocenters. The molecule has 3 rings (SSSR count). The zero-order valence-corrected chi connectivity index (χ0v) is 16.8. The number of hydrogen-bond donors (Lipinski definition) is 0. The smallest absolute Gasteiger partial charge is 0.165 e. The summed E-state index contributed by atoms with van der Waals surface area (Å²) in [6.07, 6.45) is 6.14. The second-order valence-electron chi connectivity index (χ2n) is 7.56. The maximum atomic E-state index is 14.1. The molecule has 0 aliphatic rings. The first-order chi connectivity index (χ1) is 13.5. The molecule has 0 radical (unpaired) electrons. The van der Waals surface area contributed by atoms with E-state index in [4.69, 9.17) is 4.74 Å². The number of allylic oxidation sites excluding steroid dienone is 2. The minimum atomic E-state index is -0.354. The Bertz CT molecular complexity index is 924. The summed E-state index contributed by atoms with van der Waals surface area (Å²) in [6.45, 7) is 6.58. The molecular weight excluding hydrogens is 347 g/mol. The molecule has 0 heterocycles. The van der Waals surface area contributed by atoms with Crippen LogP contribution in [0.4, 0.5) is 4.39 Å². The van der Waals surface area contributed by atoms with E-state index in [1.807, 2.05) is 30.3 Å². The fourth-order valence-corrected chi connectivity index (χ4v) is 3.12. The van der Waals surface area contributed by atoms with Crippen LogP contribution < -0.4 is 4.74 Å². The highest BCUT2D eigenvalue weighted by Gasteiger charge is 2.16. The molecule has 0 amide bonds. The van der Waals surface area contributed by atoms with Gasteiger partial charge in [-0.3, -0.25) is 0 Å².